The molecular weight excluding hydrogens is 268 g/mol. The maximum Gasteiger partial charge on any atom is 0.193 e. The Labute approximate surface area is 122 Å². The number of nitrogens with one attached hydrogen (secondary N) is 1. The van der Waals surface area contributed by atoms with Crippen molar-refractivity contribution >= 4 is 16.3 Å². The van der Waals surface area contributed by atoms with Gasteiger partial charge >= 0.3 is 0 Å². The number of rotatable bonds is 5. The molecule has 1 aromatic carbocycles. The summed E-state index contributed by atoms with van der Waals surface area (Å²) in [5.41, 5.74) is 6.56. The Hall–Kier alpha value is -1.69. The highest BCUT2D eigenvalue weighted by atomic mass is 32.1. The Morgan fingerprint density at radius 3 is 3.05 bits per heavy atom. The largest absolute Gasteiger partial charge is 0.297 e. The van der Waals surface area contributed by atoms with Crippen LogP contribution in [0.5, 0.6) is 0 Å². The van der Waals surface area contributed by atoms with Gasteiger partial charge in [-0.05, 0) is 18.9 Å². The highest BCUT2D eigenvalue weighted by Crippen LogP contribution is 2.14. The van der Waals surface area contributed by atoms with Crippen molar-refractivity contribution in [2.45, 2.75) is 25.8 Å². The number of imidazole rings is 1. The average molecular weight is 286 g/mol. The molecule has 104 valence electrons. The van der Waals surface area contributed by atoms with E-state index < -0.39 is 0 Å². The van der Waals surface area contributed by atoms with Crippen LogP contribution in [0.3, 0.4) is 0 Å². The Balaban J connectivity index is 1.72. The van der Waals surface area contributed by atoms with Gasteiger partial charge in [0.1, 0.15) is 0 Å². The van der Waals surface area contributed by atoms with Gasteiger partial charge in [0, 0.05) is 30.2 Å². The minimum atomic E-state index is 0.196. The van der Waals surface area contributed by atoms with Crippen LogP contribution in [0.4, 0.5) is 0 Å². The van der Waals surface area contributed by atoms with Crippen molar-refractivity contribution in [3.05, 3.63) is 58.9 Å². The number of hydrazine groups is 1. The maximum atomic E-state index is 5.69. The van der Waals surface area contributed by atoms with E-state index >= 15 is 0 Å². The molecule has 5 heteroatoms. The minimum absolute atomic E-state index is 0.196. The number of aryl methyl sites for hydroxylation is 1. The van der Waals surface area contributed by atoms with E-state index in [9.17, 15) is 0 Å². The molecule has 0 aliphatic carbocycles. The fourth-order valence-corrected chi connectivity index (χ4v) is 3.16. The Morgan fingerprint density at radius 2 is 2.30 bits per heavy atom. The molecule has 0 aliphatic rings. The van der Waals surface area contributed by atoms with Gasteiger partial charge in [-0.25, -0.2) is 4.98 Å². The second-order valence-electron chi connectivity index (χ2n) is 5.09. The number of nitrogens with zero attached hydrogens (tertiary/aromatic N) is 2. The second kappa shape index (κ2) is 5.75. The normalized spacial score (nSPS) is 12.9. The van der Waals surface area contributed by atoms with E-state index in [-0.39, 0.29) is 6.04 Å². The topological polar surface area (TPSA) is 55.3 Å². The number of benzene rings is 1. The maximum absolute atomic E-state index is 5.69. The third kappa shape index (κ3) is 2.90. The molecule has 4 nitrogen and oxygen atoms in total. The van der Waals surface area contributed by atoms with Gasteiger partial charge < -0.3 is 0 Å². The number of hydrogen-bond donors (Lipinski definition) is 2. The molecule has 0 aliphatic heterocycles. The van der Waals surface area contributed by atoms with Crippen LogP contribution in [0.25, 0.3) is 4.96 Å². The molecule has 0 saturated heterocycles. The molecule has 3 rings (SSSR count). The Kier molecular flexibility index (Phi) is 3.82. The van der Waals surface area contributed by atoms with E-state index in [1.807, 2.05) is 11.6 Å². The smallest absolute Gasteiger partial charge is 0.193 e. The number of fused-ring (bicyclic) bond motifs is 1. The molecule has 20 heavy (non-hydrogen) atoms. The van der Waals surface area contributed by atoms with Gasteiger partial charge in [0.25, 0.3) is 0 Å². The van der Waals surface area contributed by atoms with Crippen LogP contribution in [0, 0.1) is 6.92 Å². The lowest BCUT2D eigenvalue weighted by atomic mass is 10.0. The average Bonchev–Trinajstić information content (AvgIpc) is 2.98. The summed E-state index contributed by atoms with van der Waals surface area (Å²) < 4.78 is 2.06. The fraction of sp³-hybridized carbons (Fsp3) is 0.267. The third-order valence-electron chi connectivity index (χ3n) is 3.40. The van der Waals surface area contributed by atoms with Gasteiger partial charge in [0.2, 0.25) is 0 Å². The van der Waals surface area contributed by atoms with Crippen molar-refractivity contribution in [3.8, 4) is 0 Å². The van der Waals surface area contributed by atoms with Gasteiger partial charge in [0.05, 0.1) is 5.69 Å². The number of thiazole rings is 1. The van der Waals surface area contributed by atoms with E-state index in [4.69, 9.17) is 5.84 Å². The summed E-state index contributed by atoms with van der Waals surface area (Å²) in [7, 11) is 0. The molecule has 1 atom stereocenters. The Bertz CT molecular complexity index is 672. The van der Waals surface area contributed by atoms with Crippen LogP contribution in [0.2, 0.25) is 0 Å². The second-order valence-corrected chi connectivity index (χ2v) is 5.96. The van der Waals surface area contributed by atoms with Crippen LogP contribution in [0.15, 0.2) is 42.0 Å². The fourth-order valence-electron chi connectivity index (χ4n) is 2.44. The summed E-state index contributed by atoms with van der Waals surface area (Å²) >= 11 is 1.65. The first kappa shape index (κ1) is 13.3. The first-order valence-corrected chi connectivity index (χ1v) is 7.55. The first-order valence-electron chi connectivity index (χ1n) is 6.67. The van der Waals surface area contributed by atoms with Crippen LogP contribution in [-0.2, 0) is 12.8 Å². The lowest BCUT2D eigenvalue weighted by Gasteiger charge is -2.14. The summed E-state index contributed by atoms with van der Waals surface area (Å²) in [4.78, 5) is 5.64. The molecule has 0 bridgehead atoms. The molecular formula is C15H18N4S. The molecule has 0 spiro atoms. The molecule has 3 aromatic rings. The number of aromatic nitrogens is 2. The third-order valence-corrected chi connectivity index (χ3v) is 4.17. The predicted octanol–water partition coefficient (Wildman–Crippen LogP) is 2.32. The first-order chi connectivity index (χ1) is 9.74. The zero-order valence-electron chi connectivity index (χ0n) is 11.4. The molecule has 2 aromatic heterocycles. The highest BCUT2D eigenvalue weighted by molar-refractivity contribution is 7.15. The van der Waals surface area contributed by atoms with E-state index in [2.05, 4.69) is 52.2 Å². The molecule has 0 fully saturated rings. The van der Waals surface area contributed by atoms with Crippen LogP contribution >= 0.6 is 11.3 Å². The van der Waals surface area contributed by atoms with Gasteiger partial charge in [-0.2, -0.15) is 0 Å². The van der Waals surface area contributed by atoms with Crippen molar-refractivity contribution in [1.29, 1.82) is 0 Å². The highest BCUT2D eigenvalue weighted by Gasteiger charge is 2.12. The van der Waals surface area contributed by atoms with Gasteiger partial charge in [-0.1, -0.05) is 29.8 Å². The summed E-state index contributed by atoms with van der Waals surface area (Å²) in [6.07, 6.45) is 5.84. The molecule has 0 radical (unpaired) electrons. The van der Waals surface area contributed by atoms with Crippen LogP contribution in [-0.4, -0.2) is 15.4 Å². The van der Waals surface area contributed by atoms with Crippen molar-refractivity contribution in [1.82, 2.24) is 14.8 Å². The summed E-state index contributed by atoms with van der Waals surface area (Å²) in [6.45, 7) is 2.11. The summed E-state index contributed by atoms with van der Waals surface area (Å²) in [5, 5.41) is 2.04. The Morgan fingerprint density at radius 1 is 1.40 bits per heavy atom. The van der Waals surface area contributed by atoms with Gasteiger partial charge in [-0.3, -0.25) is 15.7 Å². The van der Waals surface area contributed by atoms with E-state index in [1.54, 1.807) is 11.3 Å². The summed E-state index contributed by atoms with van der Waals surface area (Å²) in [5.74, 6) is 5.69. The zero-order chi connectivity index (χ0) is 13.9. The van der Waals surface area contributed by atoms with Crippen molar-refractivity contribution < 1.29 is 0 Å². The lowest BCUT2D eigenvalue weighted by Crippen LogP contribution is -2.38. The quantitative estimate of drug-likeness (QED) is 0.559. The summed E-state index contributed by atoms with van der Waals surface area (Å²) in [6, 6.07) is 8.74. The molecule has 1 unspecified atom stereocenters. The van der Waals surface area contributed by atoms with Gasteiger partial charge in [-0.15, -0.1) is 11.3 Å². The van der Waals surface area contributed by atoms with Crippen molar-refractivity contribution in [2.75, 3.05) is 0 Å². The monoisotopic (exact) mass is 286 g/mol. The van der Waals surface area contributed by atoms with Crippen LogP contribution in [0.1, 0.15) is 16.8 Å². The van der Waals surface area contributed by atoms with Crippen molar-refractivity contribution in [2.24, 2.45) is 5.84 Å². The van der Waals surface area contributed by atoms with E-state index in [1.165, 1.54) is 11.1 Å². The van der Waals surface area contributed by atoms with E-state index in [0.29, 0.717) is 0 Å². The zero-order valence-corrected chi connectivity index (χ0v) is 12.2. The molecule has 3 N–H and O–H groups in total. The van der Waals surface area contributed by atoms with Crippen LogP contribution < -0.4 is 11.3 Å². The number of nitrogens with two attached hydrogens (primary N) is 1. The lowest BCUT2D eigenvalue weighted by molar-refractivity contribution is 0.518. The molecule has 2 heterocycles. The van der Waals surface area contributed by atoms with Crippen molar-refractivity contribution in [3.63, 3.8) is 0 Å². The molecule has 0 amide bonds. The van der Waals surface area contributed by atoms with E-state index in [0.717, 1.165) is 23.5 Å². The minimum Gasteiger partial charge on any atom is -0.297 e. The number of hydrogen-bond acceptors (Lipinski definition) is 4. The predicted molar refractivity (Wildman–Crippen MR) is 82.8 cm³/mol. The standard InChI is InChI=1S/C15H18N4S/c1-11-3-2-4-12(7-11)8-13(18-16)9-14-10-19-5-6-20-15(19)17-14/h2-7,10,13,18H,8-9,16H2,1H3. The van der Waals surface area contributed by atoms with Gasteiger partial charge in [0.15, 0.2) is 4.96 Å². The SMILES string of the molecule is Cc1cccc(CC(Cc2cn3ccsc3n2)NN)c1. The molecule has 0 saturated carbocycles.